The van der Waals surface area contributed by atoms with E-state index in [1.807, 2.05) is 0 Å². The van der Waals surface area contributed by atoms with Gasteiger partial charge in [0.2, 0.25) is 10.0 Å². The number of hydrogen-bond donors (Lipinski definition) is 2. The first-order chi connectivity index (χ1) is 9.20. The van der Waals surface area contributed by atoms with Crippen molar-refractivity contribution in [1.82, 2.24) is 4.72 Å². The lowest BCUT2D eigenvalue weighted by molar-refractivity contribution is -0.140. The minimum Gasteiger partial charge on any atom is -0.480 e. The summed E-state index contributed by atoms with van der Waals surface area (Å²) >= 11 is 0.912. The highest BCUT2D eigenvalue weighted by Crippen LogP contribution is 2.23. The van der Waals surface area contributed by atoms with Gasteiger partial charge in [0.05, 0.1) is 7.11 Å². The van der Waals surface area contributed by atoms with Gasteiger partial charge in [0.25, 0.3) is 0 Å². The van der Waals surface area contributed by atoms with Crippen LogP contribution < -0.4 is 4.72 Å². The highest BCUT2D eigenvalue weighted by atomic mass is 32.2. The number of methoxy groups -OCH3 is 1. The van der Waals surface area contributed by atoms with Crippen LogP contribution >= 0.6 is 11.3 Å². The van der Waals surface area contributed by atoms with Gasteiger partial charge in [-0.1, -0.05) is 13.8 Å². The van der Waals surface area contributed by atoms with Crippen LogP contribution in [0.25, 0.3) is 0 Å². The first-order valence-corrected chi connectivity index (χ1v) is 7.98. The van der Waals surface area contributed by atoms with Crippen molar-refractivity contribution in [3.05, 3.63) is 16.3 Å². The molecule has 9 heteroatoms. The highest BCUT2D eigenvalue weighted by Gasteiger charge is 2.31. The molecule has 1 rings (SSSR count). The Balaban J connectivity index is 3.15. The molecular formula is C11H15NO6S2. The molecular weight excluding hydrogens is 306 g/mol. The maximum absolute atomic E-state index is 12.2. The smallest absolute Gasteiger partial charge is 0.349 e. The predicted molar refractivity (Wildman–Crippen MR) is 72.2 cm³/mol. The highest BCUT2D eigenvalue weighted by molar-refractivity contribution is 7.89. The second kappa shape index (κ2) is 6.33. The molecule has 2 N–H and O–H groups in total. The molecule has 0 fully saturated rings. The second-order valence-corrected chi connectivity index (χ2v) is 6.89. The maximum Gasteiger partial charge on any atom is 0.349 e. The summed E-state index contributed by atoms with van der Waals surface area (Å²) in [5, 5.41) is 10.4. The lowest BCUT2D eigenvalue weighted by atomic mass is 10.1. The van der Waals surface area contributed by atoms with Crippen molar-refractivity contribution >= 4 is 33.3 Å². The molecule has 0 aliphatic rings. The van der Waals surface area contributed by atoms with E-state index in [4.69, 9.17) is 5.11 Å². The minimum atomic E-state index is -4.11. The zero-order valence-corrected chi connectivity index (χ0v) is 12.7. The van der Waals surface area contributed by atoms with Crippen LogP contribution in [0.5, 0.6) is 0 Å². The third-order valence-corrected chi connectivity index (χ3v) is 5.01. The fourth-order valence-electron chi connectivity index (χ4n) is 1.45. The molecule has 0 unspecified atom stereocenters. The van der Waals surface area contributed by atoms with Crippen molar-refractivity contribution in [2.24, 2.45) is 5.92 Å². The van der Waals surface area contributed by atoms with Gasteiger partial charge in [-0.3, -0.25) is 4.79 Å². The van der Waals surface area contributed by atoms with Gasteiger partial charge in [0.1, 0.15) is 15.8 Å². The normalized spacial score (nSPS) is 13.2. The van der Waals surface area contributed by atoms with E-state index in [-0.39, 0.29) is 9.77 Å². The summed E-state index contributed by atoms with van der Waals surface area (Å²) in [6.07, 6.45) is 0. The summed E-state index contributed by atoms with van der Waals surface area (Å²) in [5.74, 6) is -2.50. The minimum absolute atomic E-state index is 0.0899. The van der Waals surface area contributed by atoms with Crippen molar-refractivity contribution in [1.29, 1.82) is 0 Å². The first-order valence-electron chi connectivity index (χ1n) is 5.61. The quantitative estimate of drug-likeness (QED) is 0.754. The topological polar surface area (TPSA) is 110 Å². The van der Waals surface area contributed by atoms with Crippen LogP contribution in [0.3, 0.4) is 0 Å². The van der Waals surface area contributed by atoms with E-state index in [1.54, 1.807) is 13.8 Å². The lowest BCUT2D eigenvalue weighted by Crippen LogP contribution is -2.44. The number of ether oxygens (including phenoxy) is 1. The number of carboxylic acid groups (broad SMARTS) is 1. The van der Waals surface area contributed by atoms with Gasteiger partial charge < -0.3 is 9.84 Å². The summed E-state index contributed by atoms with van der Waals surface area (Å²) < 4.78 is 30.9. The largest absolute Gasteiger partial charge is 0.480 e. The SMILES string of the molecule is COC(=O)c1sccc1S(=O)(=O)N[C@H](C(=O)O)C(C)C. The standard InChI is InChI=1S/C11H15NO6S2/c1-6(2)8(10(13)14)12-20(16,17)7-4-5-19-9(7)11(15)18-3/h4-6,8,12H,1-3H3,(H,13,14)/t8-/m0/s1. The van der Waals surface area contributed by atoms with Crippen molar-refractivity contribution in [3.63, 3.8) is 0 Å². The second-order valence-electron chi connectivity index (χ2n) is 4.29. The molecule has 1 aromatic rings. The van der Waals surface area contributed by atoms with Crippen molar-refractivity contribution < 1.29 is 27.9 Å². The Morgan fingerprint density at radius 1 is 1.40 bits per heavy atom. The molecule has 1 aromatic heterocycles. The molecule has 0 saturated carbocycles. The van der Waals surface area contributed by atoms with E-state index in [2.05, 4.69) is 9.46 Å². The van der Waals surface area contributed by atoms with Crippen LogP contribution in [0.1, 0.15) is 23.5 Å². The molecule has 1 atom stereocenters. The van der Waals surface area contributed by atoms with Crippen LogP contribution in [0.4, 0.5) is 0 Å². The zero-order valence-electron chi connectivity index (χ0n) is 11.1. The Kier molecular flexibility index (Phi) is 5.26. The number of carboxylic acids is 1. The van der Waals surface area contributed by atoms with Gasteiger partial charge in [-0.2, -0.15) is 4.72 Å². The van der Waals surface area contributed by atoms with Crippen LogP contribution in [0.15, 0.2) is 16.3 Å². The molecule has 0 radical (unpaired) electrons. The summed E-state index contributed by atoms with van der Waals surface area (Å²) in [7, 11) is -2.97. The Bertz CT molecular complexity index is 604. The average Bonchev–Trinajstić information content (AvgIpc) is 2.84. The van der Waals surface area contributed by atoms with E-state index in [9.17, 15) is 18.0 Å². The fraction of sp³-hybridized carbons (Fsp3) is 0.455. The zero-order chi connectivity index (χ0) is 15.5. The van der Waals surface area contributed by atoms with Gasteiger partial charge in [-0.15, -0.1) is 11.3 Å². The van der Waals surface area contributed by atoms with Crippen LogP contribution in [0.2, 0.25) is 0 Å². The third-order valence-electron chi connectivity index (χ3n) is 2.50. The third kappa shape index (κ3) is 3.56. The summed E-state index contributed by atoms with van der Waals surface area (Å²) in [6, 6.07) is -0.0382. The van der Waals surface area contributed by atoms with Crippen molar-refractivity contribution in [3.8, 4) is 0 Å². The fourth-order valence-corrected chi connectivity index (χ4v) is 4.13. The number of thiophene rings is 1. The molecule has 0 aliphatic heterocycles. The van der Waals surface area contributed by atoms with E-state index in [0.717, 1.165) is 18.4 Å². The van der Waals surface area contributed by atoms with E-state index in [1.165, 1.54) is 11.4 Å². The average molecular weight is 321 g/mol. The molecule has 1 heterocycles. The summed E-state index contributed by atoms with van der Waals surface area (Å²) in [6.45, 7) is 3.16. The molecule has 0 spiro atoms. The number of hydrogen-bond acceptors (Lipinski definition) is 6. The van der Waals surface area contributed by atoms with Crippen LogP contribution in [0, 0.1) is 5.92 Å². The van der Waals surface area contributed by atoms with Crippen molar-refractivity contribution in [2.45, 2.75) is 24.8 Å². The first kappa shape index (κ1) is 16.6. The van der Waals surface area contributed by atoms with Crippen molar-refractivity contribution in [2.75, 3.05) is 7.11 Å². The number of carbonyl (C=O) groups excluding carboxylic acids is 1. The summed E-state index contributed by atoms with van der Waals surface area (Å²) in [4.78, 5) is 22.2. The Morgan fingerprint density at radius 3 is 2.45 bits per heavy atom. The molecule has 0 bridgehead atoms. The van der Waals surface area contributed by atoms with Crippen LogP contribution in [-0.2, 0) is 19.6 Å². The predicted octanol–water partition coefficient (Wildman–Crippen LogP) is 0.922. The van der Waals surface area contributed by atoms with Gasteiger partial charge in [-0.25, -0.2) is 13.2 Å². The Morgan fingerprint density at radius 2 is 2.00 bits per heavy atom. The summed E-state index contributed by atoms with van der Waals surface area (Å²) in [5.41, 5.74) is 0. The lowest BCUT2D eigenvalue weighted by Gasteiger charge is -2.17. The van der Waals surface area contributed by atoms with Gasteiger partial charge in [0, 0.05) is 0 Å². The Hall–Kier alpha value is -1.45. The van der Waals surface area contributed by atoms with Gasteiger partial charge in [0.15, 0.2) is 0 Å². The van der Waals surface area contributed by atoms with E-state index in [0.29, 0.717) is 0 Å². The van der Waals surface area contributed by atoms with E-state index >= 15 is 0 Å². The molecule has 0 aromatic carbocycles. The Labute approximate surface area is 120 Å². The monoisotopic (exact) mass is 321 g/mol. The maximum atomic E-state index is 12.2. The number of aliphatic carboxylic acids is 1. The van der Waals surface area contributed by atoms with Crippen LogP contribution in [-0.4, -0.2) is 38.6 Å². The molecule has 112 valence electrons. The number of esters is 1. The number of sulfonamides is 1. The molecule has 20 heavy (non-hydrogen) atoms. The number of carbonyl (C=O) groups is 2. The number of nitrogens with one attached hydrogen (secondary N) is 1. The molecule has 0 amide bonds. The molecule has 0 saturated heterocycles. The molecule has 0 aliphatic carbocycles. The van der Waals surface area contributed by atoms with E-state index < -0.39 is 33.9 Å². The molecule has 7 nitrogen and oxygen atoms in total. The van der Waals surface area contributed by atoms with Gasteiger partial charge in [-0.05, 0) is 17.4 Å². The van der Waals surface area contributed by atoms with Gasteiger partial charge >= 0.3 is 11.9 Å². The number of rotatable bonds is 6.